The number of nitrogens with zero attached hydrogens (tertiary/aromatic N) is 2. The first-order chi connectivity index (χ1) is 11.7. The van der Waals surface area contributed by atoms with Crippen LogP contribution in [0.1, 0.15) is 46.5 Å². The molecule has 3 rings (SSSR count). The monoisotopic (exact) mass is 340 g/mol. The SMILES string of the molecule is Cc1cccc(N(CC(=O)c2cccs2)C2=NCCCCC2)c1C. The molecule has 0 saturated heterocycles. The predicted octanol–water partition coefficient (Wildman–Crippen LogP) is 5.03. The molecule has 2 heterocycles. The van der Waals surface area contributed by atoms with E-state index in [1.165, 1.54) is 28.9 Å². The number of hydrogen-bond donors (Lipinski definition) is 0. The molecule has 0 amide bonds. The van der Waals surface area contributed by atoms with Gasteiger partial charge in [-0.1, -0.05) is 24.6 Å². The van der Waals surface area contributed by atoms with Crippen LogP contribution in [0.3, 0.4) is 0 Å². The number of benzene rings is 1. The van der Waals surface area contributed by atoms with Gasteiger partial charge in [-0.25, -0.2) is 0 Å². The van der Waals surface area contributed by atoms with Crippen molar-refractivity contribution in [3.63, 3.8) is 0 Å². The zero-order chi connectivity index (χ0) is 16.9. The van der Waals surface area contributed by atoms with Crippen LogP contribution < -0.4 is 4.90 Å². The van der Waals surface area contributed by atoms with Gasteiger partial charge in [0.1, 0.15) is 5.84 Å². The van der Waals surface area contributed by atoms with Crippen molar-refractivity contribution in [3.05, 3.63) is 51.7 Å². The van der Waals surface area contributed by atoms with Crippen molar-refractivity contribution in [1.29, 1.82) is 0 Å². The molecule has 1 aromatic carbocycles. The number of Topliss-reactive ketones (excluding diaryl/α,β-unsaturated/α-hetero) is 1. The minimum absolute atomic E-state index is 0.165. The summed E-state index contributed by atoms with van der Waals surface area (Å²) < 4.78 is 0. The summed E-state index contributed by atoms with van der Waals surface area (Å²) in [4.78, 5) is 20.5. The molecule has 0 radical (unpaired) electrons. The Bertz CT molecular complexity index is 734. The first kappa shape index (κ1) is 16.9. The molecule has 2 aromatic rings. The zero-order valence-corrected chi connectivity index (χ0v) is 15.2. The molecule has 0 unspecified atom stereocenters. The average molecular weight is 340 g/mol. The van der Waals surface area contributed by atoms with E-state index in [1.54, 1.807) is 0 Å². The third kappa shape index (κ3) is 3.75. The smallest absolute Gasteiger partial charge is 0.192 e. The summed E-state index contributed by atoms with van der Waals surface area (Å²) in [5.41, 5.74) is 3.58. The van der Waals surface area contributed by atoms with Crippen LogP contribution in [0.2, 0.25) is 0 Å². The van der Waals surface area contributed by atoms with Gasteiger partial charge in [-0.3, -0.25) is 9.79 Å². The van der Waals surface area contributed by atoms with Gasteiger partial charge in [0.25, 0.3) is 0 Å². The molecule has 1 aliphatic rings. The van der Waals surface area contributed by atoms with Crippen LogP contribution in [-0.4, -0.2) is 24.7 Å². The van der Waals surface area contributed by atoms with E-state index in [-0.39, 0.29) is 5.78 Å². The van der Waals surface area contributed by atoms with Crippen LogP contribution in [0.4, 0.5) is 5.69 Å². The maximum atomic E-state index is 12.7. The summed E-state index contributed by atoms with van der Waals surface area (Å²) in [6, 6.07) is 10.1. The Morgan fingerprint density at radius 3 is 2.83 bits per heavy atom. The highest BCUT2D eigenvalue weighted by atomic mass is 32.1. The molecule has 0 atom stereocenters. The first-order valence-corrected chi connectivity index (χ1v) is 9.48. The molecule has 0 saturated carbocycles. The Balaban J connectivity index is 1.95. The topological polar surface area (TPSA) is 32.7 Å². The van der Waals surface area contributed by atoms with Gasteiger partial charge < -0.3 is 4.90 Å². The molecule has 1 aromatic heterocycles. The summed E-state index contributed by atoms with van der Waals surface area (Å²) >= 11 is 1.51. The van der Waals surface area contributed by atoms with Gasteiger partial charge in [0.05, 0.1) is 11.4 Å². The Kier molecular flexibility index (Phi) is 5.46. The van der Waals surface area contributed by atoms with Crippen LogP contribution in [0.5, 0.6) is 0 Å². The zero-order valence-electron chi connectivity index (χ0n) is 14.4. The largest absolute Gasteiger partial charge is 0.322 e. The number of ketones is 1. The quantitative estimate of drug-likeness (QED) is 0.732. The average Bonchev–Trinajstić information content (AvgIpc) is 2.99. The lowest BCUT2D eigenvalue weighted by atomic mass is 10.1. The second kappa shape index (κ2) is 7.75. The second-order valence-corrected chi connectivity index (χ2v) is 7.26. The molecule has 0 spiro atoms. The minimum Gasteiger partial charge on any atom is -0.322 e. The fourth-order valence-corrected chi connectivity index (χ4v) is 3.74. The van der Waals surface area contributed by atoms with E-state index in [4.69, 9.17) is 4.99 Å². The van der Waals surface area contributed by atoms with Crippen LogP contribution in [-0.2, 0) is 0 Å². The first-order valence-electron chi connectivity index (χ1n) is 8.60. The normalized spacial score (nSPS) is 14.8. The molecule has 0 fully saturated rings. The van der Waals surface area contributed by atoms with Crippen LogP contribution in [0.15, 0.2) is 40.7 Å². The third-order valence-corrected chi connectivity index (χ3v) is 5.54. The van der Waals surface area contributed by atoms with Crippen molar-refractivity contribution < 1.29 is 4.79 Å². The number of carbonyl (C=O) groups excluding carboxylic acids is 1. The molecule has 0 bridgehead atoms. The minimum atomic E-state index is 0.165. The van der Waals surface area contributed by atoms with E-state index in [1.807, 2.05) is 17.5 Å². The highest BCUT2D eigenvalue weighted by Crippen LogP contribution is 2.26. The highest BCUT2D eigenvalue weighted by Gasteiger charge is 2.21. The summed E-state index contributed by atoms with van der Waals surface area (Å²) in [6.07, 6.45) is 4.45. The number of hydrogen-bond acceptors (Lipinski definition) is 4. The lowest BCUT2D eigenvalue weighted by molar-refractivity contribution is 0.101. The number of amidine groups is 1. The fourth-order valence-electron chi connectivity index (χ4n) is 3.08. The van der Waals surface area contributed by atoms with E-state index < -0.39 is 0 Å². The molecule has 1 aliphatic heterocycles. The van der Waals surface area contributed by atoms with Gasteiger partial charge >= 0.3 is 0 Å². The highest BCUT2D eigenvalue weighted by molar-refractivity contribution is 7.12. The van der Waals surface area contributed by atoms with Gasteiger partial charge in [-0.05, 0) is 55.3 Å². The van der Waals surface area contributed by atoms with Crippen molar-refractivity contribution in [2.45, 2.75) is 39.5 Å². The standard InChI is InChI=1S/C20H24N2OS/c1-15-8-6-9-17(16(15)2)22(20-11-4-3-5-12-21-20)14-18(23)19-10-7-13-24-19/h6-10,13H,3-5,11-12,14H2,1-2H3. The number of aryl methyl sites for hydroxylation is 1. The van der Waals surface area contributed by atoms with Crippen molar-refractivity contribution in [1.82, 2.24) is 0 Å². The third-order valence-electron chi connectivity index (χ3n) is 4.63. The maximum Gasteiger partial charge on any atom is 0.192 e. The Labute approximate surface area is 148 Å². The fraction of sp³-hybridized carbons (Fsp3) is 0.400. The summed E-state index contributed by atoms with van der Waals surface area (Å²) in [7, 11) is 0. The number of aliphatic imine (C=N–C) groups is 1. The Hall–Kier alpha value is -1.94. The molecule has 4 heteroatoms. The summed E-state index contributed by atoms with van der Waals surface area (Å²) in [5, 5.41) is 1.96. The van der Waals surface area contributed by atoms with E-state index in [2.05, 4.69) is 36.9 Å². The molecular formula is C20H24N2OS. The van der Waals surface area contributed by atoms with Crippen molar-refractivity contribution in [3.8, 4) is 0 Å². The van der Waals surface area contributed by atoms with Gasteiger partial charge in [-0.15, -0.1) is 11.3 Å². The number of thiophene rings is 1. The van der Waals surface area contributed by atoms with E-state index in [0.717, 1.165) is 42.2 Å². The lowest BCUT2D eigenvalue weighted by Gasteiger charge is -2.27. The van der Waals surface area contributed by atoms with Gasteiger partial charge in [0.15, 0.2) is 5.78 Å². The Morgan fingerprint density at radius 1 is 1.17 bits per heavy atom. The van der Waals surface area contributed by atoms with Crippen molar-refractivity contribution >= 4 is 28.6 Å². The van der Waals surface area contributed by atoms with Crippen molar-refractivity contribution in [2.24, 2.45) is 4.99 Å². The Morgan fingerprint density at radius 2 is 2.04 bits per heavy atom. The molecule has 126 valence electrons. The van der Waals surface area contributed by atoms with Gasteiger partial charge in [0, 0.05) is 18.7 Å². The van der Waals surface area contributed by atoms with Crippen LogP contribution >= 0.6 is 11.3 Å². The maximum absolute atomic E-state index is 12.7. The molecule has 0 N–H and O–H groups in total. The second-order valence-electron chi connectivity index (χ2n) is 6.31. The number of anilines is 1. The number of carbonyl (C=O) groups is 1. The predicted molar refractivity (Wildman–Crippen MR) is 103 cm³/mol. The summed E-state index contributed by atoms with van der Waals surface area (Å²) in [5.74, 6) is 1.23. The van der Waals surface area contributed by atoms with Crippen molar-refractivity contribution in [2.75, 3.05) is 18.0 Å². The van der Waals surface area contributed by atoms with Gasteiger partial charge in [0.2, 0.25) is 0 Å². The van der Waals surface area contributed by atoms with E-state index in [0.29, 0.717) is 6.54 Å². The van der Waals surface area contributed by atoms with Crippen LogP contribution in [0.25, 0.3) is 0 Å². The molecular weight excluding hydrogens is 316 g/mol. The molecule has 3 nitrogen and oxygen atoms in total. The molecule has 24 heavy (non-hydrogen) atoms. The summed E-state index contributed by atoms with van der Waals surface area (Å²) in [6.45, 7) is 5.48. The van der Waals surface area contributed by atoms with Crippen LogP contribution in [0, 0.1) is 13.8 Å². The van der Waals surface area contributed by atoms with E-state index >= 15 is 0 Å². The van der Waals surface area contributed by atoms with Gasteiger partial charge in [-0.2, -0.15) is 0 Å². The lowest BCUT2D eigenvalue weighted by Crippen LogP contribution is -2.36. The number of rotatable bonds is 4. The molecule has 0 aliphatic carbocycles. The van der Waals surface area contributed by atoms with E-state index in [9.17, 15) is 4.79 Å².